The summed E-state index contributed by atoms with van der Waals surface area (Å²) in [6, 6.07) is 5.48. The van der Waals surface area contributed by atoms with Gasteiger partial charge in [0.15, 0.2) is 5.82 Å². The Kier molecular flexibility index (Phi) is 2.48. The highest BCUT2D eigenvalue weighted by Gasteiger charge is 2.01. The van der Waals surface area contributed by atoms with Crippen LogP contribution < -0.4 is 11.5 Å². The second-order valence-electron chi connectivity index (χ2n) is 3.31. The van der Waals surface area contributed by atoms with Crippen molar-refractivity contribution in [2.45, 2.75) is 6.42 Å². The van der Waals surface area contributed by atoms with Crippen LogP contribution in [0, 0.1) is 11.8 Å². The van der Waals surface area contributed by atoms with Crippen LogP contribution in [0.3, 0.4) is 0 Å². The molecule has 0 fully saturated rings. The number of rotatable bonds is 1. The molecular formula is C11H10N4O. The van der Waals surface area contributed by atoms with Crippen LogP contribution in [0.15, 0.2) is 18.2 Å². The molecule has 1 aromatic carbocycles. The van der Waals surface area contributed by atoms with Gasteiger partial charge < -0.3 is 11.5 Å². The number of primary amides is 1. The lowest BCUT2D eigenvalue weighted by atomic mass is 10.1. The Morgan fingerprint density at radius 3 is 3.06 bits per heavy atom. The summed E-state index contributed by atoms with van der Waals surface area (Å²) < 4.78 is 0. The standard InChI is InChI=1S/C11H10N4O/c12-10(16)3-1-2-7-4-5-8-9(6-7)14-15-11(8)13/h4-6H,3H2,(H2,12,16)(H3,13,14,15). The average Bonchev–Trinajstić information content (AvgIpc) is 2.60. The van der Waals surface area contributed by atoms with E-state index in [1.165, 1.54) is 0 Å². The van der Waals surface area contributed by atoms with Crippen molar-refractivity contribution in [3.05, 3.63) is 23.8 Å². The molecule has 0 aliphatic heterocycles. The maximum absolute atomic E-state index is 10.5. The van der Waals surface area contributed by atoms with E-state index in [1.807, 2.05) is 18.2 Å². The molecule has 5 heteroatoms. The fourth-order valence-electron chi connectivity index (χ4n) is 1.35. The van der Waals surface area contributed by atoms with Crippen LogP contribution in [0.25, 0.3) is 10.9 Å². The van der Waals surface area contributed by atoms with E-state index in [2.05, 4.69) is 22.0 Å². The quantitative estimate of drug-likeness (QED) is 0.598. The minimum absolute atomic E-state index is 0.0587. The van der Waals surface area contributed by atoms with Crippen molar-refractivity contribution in [1.82, 2.24) is 10.2 Å². The Morgan fingerprint density at radius 1 is 1.50 bits per heavy atom. The lowest BCUT2D eigenvalue weighted by molar-refractivity contribution is -0.117. The minimum Gasteiger partial charge on any atom is -0.382 e. The monoisotopic (exact) mass is 214 g/mol. The van der Waals surface area contributed by atoms with Crippen LogP contribution in [0.5, 0.6) is 0 Å². The predicted octanol–water partition coefficient (Wildman–Crippen LogP) is 0.372. The normalized spacial score (nSPS) is 9.75. The number of amides is 1. The molecule has 0 saturated heterocycles. The highest BCUT2D eigenvalue weighted by Crippen LogP contribution is 2.18. The Bertz CT molecular complexity index is 603. The summed E-state index contributed by atoms with van der Waals surface area (Å²) in [5.74, 6) is 5.55. The minimum atomic E-state index is -0.431. The smallest absolute Gasteiger partial charge is 0.229 e. The van der Waals surface area contributed by atoms with E-state index < -0.39 is 5.91 Å². The van der Waals surface area contributed by atoms with E-state index in [9.17, 15) is 4.79 Å². The van der Waals surface area contributed by atoms with Gasteiger partial charge in [0.05, 0.1) is 11.9 Å². The van der Waals surface area contributed by atoms with Gasteiger partial charge in [0.25, 0.3) is 0 Å². The molecule has 5 N–H and O–H groups in total. The van der Waals surface area contributed by atoms with E-state index in [1.54, 1.807) is 0 Å². The zero-order valence-electron chi connectivity index (χ0n) is 8.45. The Morgan fingerprint density at radius 2 is 2.31 bits per heavy atom. The van der Waals surface area contributed by atoms with Gasteiger partial charge in [0, 0.05) is 10.9 Å². The molecule has 2 rings (SSSR count). The maximum atomic E-state index is 10.5. The summed E-state index contributed by atoms with van der Waals surface area (Å²) in [6.07, 6.45) is 0.0587. The molecule has 0 aliphatic rings. The Balaban J connectivity index is 2.31. The van der Waals surface area contributed by atoms with Crippen molar-refractivity contribution in [2.75, 3.05) is 5.73 Å². The van der Waals surface area contributed by atoms with Crippen molar-refractivity contribution in [1.29, 1.82) is 0 Å². The van der Waals surface area contributed by atoms with Gasteiger partial charge in [-0.1, -0.05) is 11.8 Å². The molecule has 5 nitrogen and oxygen atoms in total. The summed E-state index contributed by atoms with van der Waals surface area (Å²) >= 11 is 0. The number of aromatic nitrogens is 2. The van der Waals surface area contributed by atoms with Crippen molar-refractivity contribution in [3.63, 3.8) is 0 Å². The number of aromatic amines is 1. The summed E-state index contributed by atoms with van der Waals surface area (Å²) in [4.78, 5) is 10.5. The first kappa shape index (κ1) is 10.1. The number of carbonyl (C=O) groups is 1. The topological polar surface area (TPSA) is 97.8 Å². The molecule has 0 bridgehead atoms. The summed E-state index contributed by atoms with van der Waals surface area (Å²) in [6.45, 7) is 0. The SMILES string of the molecule is NC(=O)CC#Cc1ccc2c(N)n[nH]c2c1. The Labute approximate surface area is 91.8 Å². The first-order valence-corrected chi connectivity index (χ1v) is 4.67. The van der Waals surface area contributed by atoms with Gasteiger partial charge in [0.2, 0.25) is 5.91 Å². The number of hydrogen-bond donors (Lipinski definition) is 3. The molecule has 16 heavy (non-hydrogen) atoms. The number of nitrogen functional groups attached to an aromatic ring is 1. The van der Waals surface area contributed by atoms with Gasteiger partial charge in [0.1, 0.15) is 0 Å². The highest BCUT2D eigenvalue weighted by molar-refractivity contribution is 5.89. The van der Waals surface area contributed by atoms with Gasteiger partial charge in [-0.05, 0) is 18.2 Å². The average molecular weight is 214 g/mol. The van der Waals surface area contributed by atoms with Crippen LogP contribution in [-0.4, -0.2) is 16.1 Å². The molecule has 0 saturated carbocycles. The number of fused-ring (bicyclic) bond motifs is 1. The molecule has 1 heterocycles. The molecule has 0 spiro atoms. The van der Waals surface area contributed by atoms with Crippen LogP contribution >= 0.6 is 0 Å². The van der Waals surface area contributed by atoms with Crippen LogP contribution in [0.1, 0.15) is 12.0 Å². The van der Waals surface area contributed by atoms with E-state index in [4.69, 9.17) is 11.5 Å². The second kappa shape index (κ2) is 3.95. The van der Waals surface area contributed by atoms with E-state index in [0.717, 1.165) is 16.5 Å². The lowest BCUT2D eigenvalue weighted by Gasteiger charge is -1.91. The highest BCUT2D eigenvalue weighted by atomic mass is 16.1. The number of anilines is 1. The van der Waals surface area contributed by atoms with Gasteiger partial charge in [-0.2, -0.15) is 5.10 Å². The number of hydrogen-bond acceptors (Lipinski definition) is 3. The van der Waals surface area contributed by atoms with Gasteiger partial charge in [-0.25, -0.2) is 0 Å². The molecular weight excluding hydrogens is 204 g/mol. The number of benzene rings is 1. The van der Waals surface area contributed by atoms with Crippen LogP contribution in [-0.2, 0) is 4.79 Å². The number of H-pyrrole nitrogens is 1. The van der Waals surface area contributed by atoms with Crippen LogP contribution in [0.2, 0.25) is 0 Å². The number of nitrogens with zero attached hydrogens (tertiary/aromatic N) is 1. The third kappa shape index (κ3) is 1.96. The van der Waals surface area contributed by atoms with Crippen molar-refractivity contribution < 1.29 is 4.79 Å². The van der Waals surface area contributed by atoms with E-state index >= 15 is 0 Å². The molecule has 0 aliphatic carbocycles. The van der Waals surface area contributed by atoms with E-state index in [-0.39, 0.29) is 6.42 Å². The fraction of sp³-hybridized carbons (Fsp3) is 0.0909. The molecule has 0 atom stereocenters. The molecule has 0 radical (unpaired) electrons. The lowest BCUT2D eigenvalue weighted by Crippen LogP contribution is -2.08. The number of nitrogens with two attached hydrogens (primary N) is 2. The molecule has 1 aromatic heterocycles. The Hall–Kier alpha value is -2.48. The third-order valence-electron chi connectivity index (χ3n) is 2.09. The van der Waals surface area contributed by atoms with Gasteiger partial charge in [-0.3, -0.25) is 9.89 Å². The molecule has 0 unspecified atom stereocenters. The van der Waals surface area contributed by atoms with Crippen LogP contribution in [0.4, 0.5) is 5.82 Å². The van der Waals surface area contributed by atoms with Crippen molar-refractivity contribution in [2.24, 2.45) is 5.73 Å². The third-order valence-corrected chi connectivity index (χ3v) is 2.09. The summed E-state index contributed by atoms with van der Waals surface area (Å²) in [7, 11) is 0. The van der Waals surface area contributed by atoms with Crippen molar-refractivity contribution in [3.8, 4) is 11.8 Å². The van der Waals surface area contributed by atoms with Gasteiger partial charge in [-0.15, -0.1) is 0 Å². The zero-order valence-corrected chi connectivity index (χ0v) is 8.45. The predicted molar refractivity (Wildman–Crippen MR) is 61.2 cm³/mol. The fourth-order valence-corrected chi connectivity index (χ4v) is 1.35. The summed E-state index contributed by atoms with van der Waals surface area (Å²) in [5, 5.41) is 7.53. The van der Waals surface area contributed by atoms with E-state index in [0.29, 0.717) is 5.82 Å². The molecule has 2 aromatic rings. The maximum Gasteiger partial charge on any atom is 0.229 e. The summed E-state index contributed by atoms with van der Waals surface area (Å²) in [5.41, 5.74) is 12.2. The van der Waals surface area contributed by atoms with Crippen molar-refractivity contribution >= 4 is 22.6 Å². The molecule has 1 amide bonds. The largest absolute Gasteiger partial charge is 0.382 e. The van der Waals surface area contributed by atoms with Gasteiger partial charge >= 0.3 is 0 Å². The number of nitrogens with one attached hydrogen (secondary N) is 1. The number of carbonyl (C=O) groups excluding carboxylic acids is 1. The first-order chi connectivity index (χ1) is 7.66. The zero-order chi connectivity index (χ0) is 11.5. The molecule has 80 valence electrons. The first-order valence-electron chi connectivity index (χ1n) is 4.67. The second-order valence-corrected chi connectivity index (χ2v) is 3.31.